The fourth-order valence-electron chi connectivity index (χ4n) is 3.47. The molecule has 1 amide bonds. The smallest absolute Gasteiger partial charge is 0.258 e. The Morgan fingerprint density at radius 3 is 2.61 bits per heavy atom. The van der Waals surface area contributed by atoms with Gasteiger partial charge in [0, 0.05) is 30.7 Å². The second kappa shape index (κ2) is 8.99. The number of anilines is 1. The third kappa shape index (κ3) is 5.18. The Labute approximate surface area is 182 Å². The number of nitrogens with one attached hydrogen (secondary N) is 1. The van der Waals surface area contributed by atoms with E-state index in [9.17, 15) is 4.79 Å². The van der Waals surface area contributed by atoms with Gasteiger partial charge in [-0.3, -0.25) is 9.69 Å². The molecule has 1 saturated heterocycles. The summed E-state index contributed by atoms with van der Waals surface area (Å²) in [7, 11) is 0. The molecule has 0 bridgehead atoms. The fraction of sp³-hybridized carbons (Fsp3) is 0.375. The standard InChI is InChI=1S/C24H28N4O3/c1-24(2,3)23-26-22(31-27-23)20-10-5-4-9-19(20)21(29)25-18-8-6-7-17(15-18)16-28-11-13-30-14-12-28/h4-10,15H,11-14,16H2,1-3H3,(H,25,29). The van der Waals surface area contributed by atoms with Crippen molar-refractivity contribution in [2.75, 3.05) is 31.6 Å². The van der Waals surface area contributed by atoms with Crippen molar-refractivity contribution in [3.05, 3.63) is 65.5 Å². The van der Waals surface area contributed by atoms with E-state index in [1.807, 2.05) is 57.2 Å². The Hall–Kier alpha value is -3.03. The summed E-state index contributed by atoms with van der Waals surface area (Å²) in [6, 6.07) is 15.2. The first-order valence-electron chi connectivity index (χ1n) is 10.5. The summed E-state index contributed by atoms with van der Waals surface area (Å²) in [5, 5.41) is 7.10. The number of rotatable bonds is 5. The first-order valence-corrected chi connectivity index (χ1v) is 10.5. The number of aromatic nitrogens is 2. The molecule has 2 heterocycles. The minimum absolute atomic E-state index is 0.213. The lowest BCUT2D eigenvalue weighted by atomic mass is 9.96. The average molecular weight is 421 g/mol. The highest BCUT2D eigenvalue weighted by Gasteiger charge is 2.23. The van der Waals surface area contributed by atoms with E-state index in [0.717, 1.165) is 44.1 Å². The Balaban J connectivity index is 1.52. The molecule has 0 spiro atoms. The highest BCUT2D eigenvalue weighted by Crippen LogP contribution is 2.27. The van der Waals surface area contributed by atoms with Crippen LogP contribution in [0.4, 0.5) is 5.69 Å². The zero-order valence-corrected chi connectivity index (χ0v) is 18.2. The predicted octanol–water partition coefficient (Wildman–Crippen LogP) is 4.12. The van der Waals surface area contributed by atoms with E-state index in [-0.39, 0.29) is 11.3 Å². The molecule has 7 nitrogen and oxygen atoms in total. The van der Waals surface area contributed by atoms with Crippen LogP contribution in [-0.4, -0.2) is 47.3 Å². The molecule has 0 aliphatic carbocycles. The first kappa shape index (κ1) is 21.2. The third-order valence-electron chi connectivity index (χ3n) is 5.19. The minimum Gasteiger partial charge on any atom is -0.379 e. The maximum absolute atomic E-state index is 13.1. The predicted molar refractivity (Wildman–Crippen MR) is 119 cm³/mol. The quantitative estimate of drug-likeness (QED) is 0.669. The van der Waals surface area contributed by atoms with Crippen molar-refractivity contribution in [2.45, 2.75) is 32.7 Å². The number of carbonyl (C=O) groups is 1. The van der Waals surface area contributed by atoms with Crippen molar-refractivity contribution >= 4 is 11.6 Å². The van der Waals surface area contributed by atoms with Crippen molar-refractivity contribution in [1.29, 1.82) is 0 Å². The summed E-state index contributed by atoms with van der Waals surface area (Å²) in [5.74, 6) is 0.736. The molecule has 1 fully saturated rings. The van der Waals surface area contributed by atoms with Gasteiger partial charge < -0.3 is 14.6 Å². The molecule has 0 unspecified atom stereocenters. The van der Waals surface area contributed by atoms with Crippen LogP contribution in [0.15, 0.2) is 53.1 Å². The summed E-state index contributed by atoms with van der Waals surface area (Å²) < 4.78 is 10.9. The second-order valence-corrected chi connectivity index (χ2v) is 8.76. The van der Waals surface area contributed by atoms with Gasteiger partial charge in [0.05, 0.1) is 24.3 Å². The lowest BCUT2D eigenvalue weighted by Crippen LogP contribution is -2.35. The van der Waals surface area contributed by atoms with Gasteiger partial charge in [-0.15, -0.1) is 0 Å². The molecule has 0 atom stereocenters. The van der Waals surface area contributed by atoms with E-state index in [2.05, 4.69) is 26.4 Å². The number of morpholine rings is 1. The number of nitrogens with zero attached hydrogens (tertiary/aromatic N) is 3. The minimum atomic E-state index is -0.236. The summed E-state index contributed by atoms with van der Waals surface area (Å²) >= 11 is 0. The van der Waals surface area contributed by atoms with Gasteiger partial charge in [0.25, 0.3) is 11.8 Å². The monoisotopic (exact) mass is 420 g/mol. The molecule has 31 heavy (non-hydrogen) atoms. The van der Waals surface area contributed by atoms with Gasteiger partial charge in [-0.25, -0.2) is 0 Å². The molecule has 2 aromatic carbocycles. The van der Waals surface area contributed by atoms with E-state index in [1.54, 1.807) is 6.07 Å². The van der Waals surface area contributed by atoms with E-state index >= 15 is 0 Å². The van der Waals surface area contributed by atoms with Crippen LogP contribution in [0.2, 0.25) is 0 Å². The van der Waals surface area contributed by atoms with Crippen molar-refractivity contribution in [2.24, 2.45) is 0 Å². The van der Waals surface area contributed by atoms with Crippen LogP contribution in [0.3, 0.4) is 0 Å². The van der Waals surface area contributed by atoms with Crippen LogP contribution in [-0.2, 0) is 16.7 Å². The lowest BCUT2D eigenvalue weighted by molar-refractivity contribution is 0.0342. The third-order valence-corrected chi connectivity index (χ3v) is 5.19. The Kier molecular flexibility index (Phi) is 6.15. The zero-order chi connectivity index (χ0) is 21.8. The summed E-state index contributed by atoms with van der Waals surface area (Å²) in [6.45, 7) is 10.3. The van der Waals surface area contributed by atoms with Crippen LogP contribution < -0.4 is 5.32 Å². The highest BCUT2D eigenvalue weighted by molar-refractivity contribution is 6.08. The number of carbonyl (C=O) groups excluding carboxylic acids is 1. The second-order valence-electron chi connectivity index (χ2n) is 8.76. The number of amides is 1. The number of hydrogen-bond acceptors (Lipinski definition) is 6. The van der Waals surface area contributed by atoms with Crippen molar-refractivity contribution in [1.82, 2.24) is 15.0 Å². The molecule has 1 aliphatic heterocycles. The lowest BCUT2D eigenvalue weighted by Gasteiger charge is -2.26. The van der Waals surface area contributed by atoms with Gasteiger partial charge in [-0.1, -0.05) is 50.2 Å². The van der Waals surface area contributed by atoms with Gasteiger partial charge in [0.15, 0.2) is 5.82 Å². The molecule has 1 N–H and O–H groups in total. The molecule has 0 saturated carbocycles. The van der Waals surface area contributed by atoms with Gasteiger partial charge in [-0.2, -0.15) is 4.98 Å². The van der Waals surface area contributed by atoms with Crippen LogP contribution >= 0.6 is 0 Å². The normalized spacial score (nSPS) is 15.1. The van der Waals surface area contributed by atoms with Crippen LogP contribution in [0.5, 0.6) is 0 Å². The molecule has 1 aliphatic rings. The van der Waals surface area contributed by atoms with Gasteiger partial charge in [-0.05, 0) is 29.8 Å². The van der Waals surface area contributed by atoms with Gasteiger partial charge >= 0.3 is 0 Å². The molecular weight excluding hydrogens is 392 g/mol. The van der Waals surface area contributed by atoms with Crippen LogP contribution in [0.1, 0.15) is 42.5 Å². The Bertz CT molecular complexity index is 1050. The van der Waals surface area contributed by atoms with E-state index < -0.39 is 0 Å². The summed E-state index contributed by atoms with van der Waals surface area (Å²) in [5.41, 5.74) is 2.78. The molecule has 1 aromatic heterocycles. The Morgan fingerprint density at radius 2 is 1.87 bits per heavy atom. The fourth-order valence-corrected chi connectivity index (χ4v) is 3.47. The molecule has 0 radical (unpaired) electrons. The summed E-state index contributed by atoms with van der Waals surface area (Å²) in [6.07, 6.45) is 0. The topological polar surface area (TPSA) is 80.5 Å². The maximum Gasteiger partial charge on any atom is 0.258 e. The SMILES string of the molecule is CC(C)(C)c1noc(-c2ccccc2C(=O)Nc2cccc(CN3CCOCC3)c2)n1. The van der Waals surface area contributed by atoms with E-state index in [1.165, 1.54) is 0 Å². The van der Waals surface area contributed by atoms with E-state index in [4.69, 9.17) is 9.26 Å². The average Bonchev–Trinajstić information content (AvgIpc) is 3.26. The maximum atomic E-state index is 13.1. The number of ether oxygens (including phenoxy) is 1. The molecule has 3 aromatic rings. The molecule has 7 heteroatoms. The van der Waals surface area contributed by atoms with Gasteiger partial charge in [0.2, 0.25) is 0 Å². The van der Waals surface area contributed by atoms with Crippen LogP contribution in [0, 0.1) is 0 Å². The molecular formula is C24H28N4O3. The Morgan fingerprint density at radius 1 is 1.10 bits per heavy atom. The van der Waals surface area contributed by atoms with Gasteiger partial charge in [0.1, 0.15) is 0 Å². The van der Waals surface area contributed by atoms with Crippen LogP contribution in [0.25, 0.3) is 11.5 Å². The largest absolute Gasteiger partial charge is 0.379 e. The summed E-state index contributed by atoms with van der Waals surface area (Å²) in [4.78, 5) is 19.9. The molecule has 4 rings (SSSR count). The number of benzene rings is 2. The van der Waals surface area contributed by atoms with Crippen molar-refractivity contribution in [3.63, 3.8) is 0 Å². The van der Waals surface area contributed by atoms with Crippen molar-refractivity contribution in [3.8, 4) is 11.5 Å². The van der Waals surface area contributed by atoms with Crippen molar-refractivity contribution < 1.29 is 14.1 Å². The molecule has 162 valence electrons. The first-order chi connectivity index (χ1) is 14.9. The number of hydrogen-bond donors (Lipinski definition) is 1. The zero-order valence-electron chi connectivity index (χ0n) is 18.2. The highest BCUT2D eigenvalue weighted by atomic mass is 16.5. The van der Waals surface area contributed by atoms with E-state index in [0.29, 0.717) is 22.8 Å².